The van der Waals surface area contributed by atoms with Crippen molar-refractivity contribution in [2.75, 3.05) is 32.1 Å². The van der Waals surface area contributed by atoms with Crippen molar-refractivity contribution in [3.8, 4) is 0 Å². The van der Waals surface area contributed by atoms with Crippen molar-refractivity contribution < 1.29 is 4.79 Å². The summed E-state index contributed by atoms with van der Waals surface area (Å²) in [6.45, 7) is 3.55. The zero-order chi connectivity index (χ0) is 17.3. The number of nitrogens with zero attached hydrogens (tertiary/aromatic N) is 5. The van der Waals surface area contributed by atoms with Crippen LogP contribution in [0.25, 0.3) is 0 Å². The number of hydrogen-bond donors (Lipinski definition) is 0. The van der Waals surface area contributed by atoms with Crippen LogP contribution in [0, 0.1) is 6.92 Å². The largest absolute Gasteiger partial charge is 0.378 e. The monoisotopic (exact) mass is 327 g/mol. The molecule has 6 nitrogen and oxygen atoms in total. The molecule has 0 radical (unpaired) electrons. The van der Waals surface area contributed by atoms with E-state index in [2.05, 4.69) is 22.1 Å². The number of carbonyl (C=O) groups excluding carboxylic acids is 1. The van der Waals surface area contributed by atoms with E-state index in [0.717, 1.165) is 37.3 Å². The Morgan fingerprint density at radius 1 is 1.25 bits per heavy atom. The van der Waals surface area contributed by atoms with Crippen LogP contribution < -0.4 is 4.90 Å². The Balaban J connectivity index is 1.68. The lowest BCUT2D eigenvalue weighted by Crippen LogP contribution is -2.38. The van der Waals surface area contributed by atoms with Crippen molar-refractivity contribution in [2.24, 2.45) is 7.05 Å². The van der Waals surface area contributed by atoms with Crippen molar-refractivity contribution in [1.82, 2.24) is 19.7 Å². The summed E-state index contributed by atoms with van der Waals surface area (Å²) in [7, 11) is 5.92. The van der Waals surface area contributed by atoms with E-state index < -0.39 is 0 Å². The second-order valence-electron chi connectivity index (χ2n) is 6.73. The molecule has 2 aromatic rings. The lowest BCUT2D eigenvalue weighted by atomic mass is 9.92. The van der Waals surface area contributed by atoms with Gasteiger partial charge in [0.05, 0.1) is 0 Å². The lowest BCUT2D eigenvalue weighted by molar-refractivity contribution is 0.0705. The van der Waals surface area contributed by atoms with E-state index in [1.54, 1.807) is 16.9 Å². The van der Waals surface area contributed by atoms with Gasteiger partial charge in [-0.15, -0.1) is 0 Å². The topological polar surface area (TPSA) is 54.3 Å². The summed E-state index contributed by atoms with van der Waals surface area (Å²) in [5.74, 6) is 0.441. The molecule has 1 fully saturated rings. The van der Waals surface area contributed by atoms with Crippen molar-refractivity contribution in [1.29, 1.82) is 0 Å². The highest BCUT2D eigenvalue weighted by atomic mass is 16.2. The number of piperidine rings is 1. The van der Waals surface area contributed by atoms with Gasteiger partial charge in [-0.3, -0.25) is 14.5 Å². The highest BCUT2D eigenvalue weighted by Gasteiger charge is 2.26. The summed E-state index contributed by atoms with van der Waals surface area (Å²) < 4.78 is 1.67. The van der Waals surface area contributed by atoms with Gasteiger partial charge < -0.3 is 9.80 Å². The van der Waals surface area contributed by atoms with E-state index in [1.165, 1.54) is 5.69 Å². The van der Waals surface area contributed by atoms with Crippen LogP contribution in [0.2, 0.25) is 0 Å². The highest BCUT2D eigenvalue weighted by molar-refractivity contribution is 5.92. The zero-order valence-corrected chi connectivity index (χ0v) is 14.9. The first kappa shape index (κ1) is 16.5. The fourth-order valence-corrected chi connectivity index (χ4v) is 3.21. The minimum Gasteiger partial charge on any atom is -0.378 e. The number of anilines is 1. The summed E-state index contributed by atoms with van der Waals surface area (Å²) in [6.07, 6.45) is 3.70. The van der Waals surface area contributed by atoms with Crippen molar-refractivity contribution in [2.45, 2.75) is 25.7 Å². The van der Waals surface area contributed by atoms with E-state index >= 15 is 0 Å². The molecule has 24 heavy (non-hydrogen) atoms. The number of rotatable bonds is 3. The Hall–Kier alpha value is -2.37. The van der Waals surface area contributed by atoms with Gasteiger partial charge in [-0.05, 0) is 38.0 Å². The van der Waals surface area contributed by atoms with Gasteiger partial charge in [0.25, 0.3) is 5.91 Å². The normalized spacial score (nSPS) is 15.6. The van der Waals surface area contributed by atoms with Crippen molar-refractivity contribution in [3.63, 3.8) is 0 Å². The van der Waals surface area contributed by atoms with E-state index in [1.807, 2.05) is 33.0 Å². The third kappa shape index (κ3) is 3.42. The van der Waals surface area contributed by atoms with Crippen LogP contribution in [0.5, 0.6) is 0 Å². The average molecular weight is 327 g/mol. The van der Waals surface area contributed by atoms with Crippen LogP contribution >= 0.6 is 0 Å². The first-order valence-electron chi connectivity index (χ1n) is 8.39. The van der Waals surface area contributed by atoms with Gasteiger partial charge in [0.2, 0.25) is 0 Å². The van der Waals surface area contributed by atoms with Gasteiger partial charge in [0, 0.05) is 63.4 Å². The van der Waals surface area contributed by atoms with Crippen LogP contribution in [-0.2, 0) is 7.05 Å². The van der Waals surface area contributed by atoms with Crippen molar-refractivity contribution in [3.05, 3.63) is 41.5 Å². The molecule has 0 N–H and O–H groups in total. The van der Waals surface area contributed by atoms with Crippen LogP contribution in [0.3, 0.4) is 0 Å². The van der Waals surface area contributed by atoms with E-state index in [9.17, 15) is 4.79 Å². The highest BCUT2D eigenvalue weighted by Crippen LogP contribution is 2.29. The van der Waals surface area contributed by atoms with Gasteiger partial charge in [0.1, 0.15) is 5.69 Å². The SMILES string of the molecule is Cc1cc(N(C)C)cc(C2CCN(C(=O)c3ccn(C)n3)CC2)n1. The number of aryl methyl sites for hydroxylation is 2. The maximum atomic E-state index is 12.5. The Morgan fingerprint density at radius 2 is 1.96 bits per heavy atom. The molecule has 1 aliphatic heterocycles. The molecular weight excluding hydrogens is 302 g/mol. The Kier molecular flexibility index (Phi) is 4.55. The molecule has 2 aromatic heterocycles. The minimum absolute atomic E-state index is 0.0280. The molecule has 1 saturated heterocycles. The van der Waals surface area contributed by atoms with Crippen LogP contribution in [-0.4, -0.2) is 52.8 Å². The predicted molar refractivity (Wildman–Crippen MR) is 94.4 cm³/mol. The number of pyridine rings is 1. The smallest absolute Gasteiger partial charge is 0.274 e. The molecule has 0 aromatic carbocycles. The molecule has 6 heteroatoms. The predicted octanol–water partition coefficient (Wildman–Crippen LogP) is 2.21. The number of aromatic nitrogens is 3. The van der Waals surface area contributed by atoms with Gasteiger partial charge >= 0.3 is 0 Å². The summed E-state index contributed by atoms with van der Waals surface area (Å²) in [4.78, 5) is 21.2. The Labute approximate surface area is 143 Å². The molecule has 1 amide bonds. The number of hydrogen-bond acceptors (Lipinski definition) is 4. The lowest BCUT2D eigenvalue weighted by Gasteiger charge is -2.31. The minimum atomic E-state index is 0.0280. The second kappa shape index (κ2) is 6.63. The number of amides is 1. The van der Waals surface area contributed by atoms with E-state index in [4.69, 9.17) is 4.98 Å². The zero-order valence-electron chi connectivity index (χ0n) is 14.9. The molecule has 3 heterocycles. The van der Waals surface area contributed by atoms with Crippen LogP contribution in [0.4, 0.5) is 5.69 Å². The summed E-state index contributed by atoms with van der Waals surface area (Å²) >= 11 is 0. The second-order valence-corrected chi connectivity index (χ2v) is 6.73. The molecule has 128 valence electrons. The quantitative estimate of drug-likeness (QED) is 0.867. The summed E-state index contributed by atoms with van der Waals surface area (Å²) in [5, 5.41) is 4.21. The molecule has 0 unspecified atom stereocenters. The molecular formula is C18H25N5O. The third-order valence-corrected chi connectivity index (χ3v) is 4.61. The van der Waals surface area contributed by atoms with Crippen LogP contribution in [0.15, 0.2) is 24.4 Å². The molecule has 0 atom stereocenters. The van der Waals surface area contributed by atoms with Crippen LogP contribution in [0.1, 0.15) is 40.6 Å². The molecule has 0 saturated carbocycles. The van der Waals surface area contributed by atoms with Gasteiger partial charge in [0.15, 0.2) is 0 Å². The van der Waals surface area contributed by atoms with Gasteiger partial charge in [-0.25, -0.2) is 0 Å². The fraction of sp³-hybridized carbons (Fsp3) is 0.500. The van der Waals surface area contributed by atoms with E-state index in [0.29, 0.717) is 11.6 Å². The van der Waals surface area contributed by atoms with Crippen molar-refractivity contribution >= 4 is 11.6 Å². The molecule has 1 aliphatic rings. The Morgan fingerprint density at radius 3 is 2.54 bits per heavy atom. The molecule has 0 spiro atoms. The first-order valence-corrected chi connectivity index (χ1v) is 8.39. The molecule has 0 bridgehead atoms. The first-order chi connectivity index (χ1) is 11.4. The van der Waals surface area contributed by atoms with E-state index in [-0.39, 0.29) is 5.91 Å². The summed E-state index contributed by atoms with van der Waals surface area (Å²) in [6, 6.07) is 6.05. The molecule has 0 aliphatic carbocycles. The summed E-state index contributed by atoms with van der Waals surface area (Å²) in [5.41, 5.74) is 3.90. The fourth-order valence-electron chi connectivity index (χ4n) is 3.21. The standard InChI is InChI=1S/C18H25N5O/c1-13-11-15(21(2)3)12-17(19-13)14-5-9-23(10-6-14)18(24)16-7-8-22(4)20-16/h7-8,11-12,14H,5-6,9-10H2,1-4H3. The van der Waals surface area contributed by atoms with Gasteiger partial charge in [-0.1, -0.05) is 0 Å². The van der Waals surface area contributed by atoms with Gasteiger partial charge in [-0.2, -0.15) is 5.10 Å². The maximum Gasteiger partial charge on any atom is 0.274 e. The maximum absolute atomic E-state index is 12.5. The average Bonchev–Trinajstić information content (AvgIpc) is 3.00. The Bertz CT molecular complexity index is 729. The molecule has 3 rings (SSSR count). The number of carbonyl (C=O) groups is 1. The third-order valence-electron chi connectivity index (χ3n) is 4.61. The number of likely N-dealkylation sites (tertiary alicyclic amines) is 1.